The van der Waals surface area contributed by atoms with Gasteiger partial charge in [-0.3, -0.25) is 14.4 Å². The van der Waals surface area contributed by atoms with Gasteiger partial charge in [-0.25, -0.2) is 0 Å². The number of benzene rings is 1. The van der Waals surface area contributed by atoms with Crippen molar-refractivity contribution in [3.63, 3.8) is 0 Å². The topological polar surface area (TPSA) is 91.7 Å². The van der Waals surface area contributed by atoms with Gasteiger partial charge in [0.2, 0.25) is 11.8 Å². The molecule has 7 nitrogen and oxygen atoms in total. The Labute approximate surface area is 166 Å². The van der Waals surface area contributed by atoms with Crippen molar-refractivity contribution in [1.29, 1.82) is 0 Å². The first-order valence-corrected chi connectivity index (χ1v) is 10.5. The van der Waals surface area contributed by atoms with Crippen molar-refractivity contribution < 1.29 is 18.8 Å². The van der Waals surface area contributed by atoms with Gasteiger partial charge in [0.25, 0.3) is 5.91 Å². The van der Waals surface area contributed by atoms with Gasteiger partial charge in [0, 0.05) is 18.2 Å². The minimum atomic E-state index is -0.597. The molecule has 1 aromatic heterocycles. The fraction of sp³-hybridized carbons (Fsp3) is 0.350. The fourth-order valence-corrected chi connectivity index (χ4v) is 4.13. The quantitative estimate of drug-likeness (QED) is 0.824. The zero-order valence-corrected chi connectivity index (χ0v) is 16.3. The molecule has 2 atom stereocenters. The minimum absolute atomic E-state index is 0.0438. The van der Waals surface area contributed by atoms with Crippen LogP contribution in [-0.4, -0.2) is 53.3 Å². The van der Waals surface area contributed by atoms with Crippen LogP contribution in [-0.2, 0) is 9.59 Å². The average Bonchev–Trinajstić information content (AvgIpc) is 3.19. The predicted molar refractivity (Wildman–Crippen MR) is 107 cm³/mol. The fourth-order valence-electron chi connectivity index (χ4n) is 3.79. The van der Waals surface area contributed by atoms with Crippen LogP contribution < -0.4 is 10.6 Å². The number of rotatable bonds is 4. The SMILES string of the molecule is CSCC(=O)NC1CCN2C(=O)c3cc(-c4ccco4)ccc3NC(=O)C2C1. The van der Waals surface area contributed by atoms with Crippen LogP contribution in [0.5, 0.6) is 0 Å². The van der Waals surface area contributed by atoms with E-state index in [0.29, 0.717) is 42.2 Å². The first kappa shape index (κ1) is 18.6. The van der Waals surface area contributed by atoms with E-state index in [2.05, 4.69) is 10.6 Å². The van der Waals surface area contributed by atoms with Crippen LogP contribution in [0.1, 0.15) is 23.2 Å². The molecule has 0 radical (unpaired) electrons. The van der Waals surface area contributed by atoms with Crippen LogP contribution in [0.3, 0.4) is 0 Å². The summed E-state index contributed by atoms with van der Waals surface area (Å²) in [5.74, 6) is 0.606. The van der Waals surface area contributed by atoms with Gasteiger partial charge in [-0.2, -0.15) is 11.8 Å². The summed E-state index contributed by atoms with van der Waals surface area (Å²) >= 11 is 1.45. The number of hydrogen-bond acceptors (Lipinski definition) is 5. The van der Waals surface area contributed by atoms with Gasteiger partial charge in [-0.1, -0.05) is 0 Å². The van der Waals surface area contributed by atoms with Gasteiger partial charge < -0.3 is 20.0 Å². The zero-order chi connectivity index (χ0) is 19.7. The van der Waals surface area contributed by atoms with Gasteiger partial charge in [0.15, 0.2) is 0 Å². The monoisotopic (exact) mass is 399 g/mol. The number of thioether (sulfide) groups is 1. The zero-order valence-electron chi connectivity index (χ0n) is 15.4. The summed E-state index contributed by atoms with van der Waals surface area (Å²) in [6.45, 7) is 0.422. The molecule has 1 fully saturated rings. The summed E-state index contributed by atoms with van der Waals surface area (Å²) in [7, 11) is 0. The van der Waals surface area contributed by atoms with Crippen LogP contribution in [0.25, 0.3) is 11.3 Å². The van der Waals surface area contributed by atoms with Crippen molar-refractivity contribution in [2.45, 2.75) is 24.9 Å². The molecule has 2 aliphatic heterocycles. The summed E-state index contributed by atoms with van der Waals surface area (Å²) < 4.78 is 5.42. The lowest BCUT2D eigenvalue weighted by atomic mass is 9.96. The van der Waals surface area contributed by atoms with Gasteiger partial charge in [0.05, 0.1) is 23.3 Å². The Bertz CT molecular complexity index is 912. The Hall–Kier alpha value is -2.74. The number of furan rings is 1. The molecule has 2 N–H and O–H groups in total. The number of carbonyl (C=O) groups excluding carboxylic acids is 3. The standard InChI is InChI=1S/C20H21N3O4S/c1-28-11-18(24)21-13-6-7-23-16(10-13)19(25)22-15-5-4-12(9-14(15)20(23)26)17-3-2-8-27-17/h2-5,8-9,13,16H,6-7,10-11H2,1H3,(H,21,24)(H,22,25). The maximum absolute atomic E-state index is 13.2. The van der Waals surface area contributed by atoms with Crippen LogP contribution in [0, 0.1) is 0 Å². The van der Waals surface area contributed by atoms with E-state index in [4.69, 9.17) is 4.42 Å². The Balaban J connectivity index is 1.58. The average molecular weight is 399 g/mol. The highest BCUT2D eigenvalue weighted by molar-refractivity contribution is 7.99. The lowest BCUT2D eigenvalue weighted by Gasteiger charge is -2.37. The molecule has 0 spiro atoms. The Morgan fingerprint density at radius 1 is 1.36 bits per heavy atom. The second kappa shape index (κ2) is 7.71. The molecule has 8 heteroatoms. The number of anilines is 1. The number of piperidine rings is 1. The minimum Gasteiger partial charge on any atom is -0.464 e. The van der Waals surface area contributed by atoms with Gasteiger partial charge in [-0.15, -0.1) is 0 Å². The molecule has 2 unspecified atom stereocenters. The van der Waals surface area contributed by atoms with E-state index < -0.39 is 6.04 Å². The molecule has 0 bridgehead atoms. The van der Waals surface area contributed by atoms with Crippen LogP contribution in [0.2, 0.25) is 0 Å². The molecule has 1 aromatic carbocycles. The van der Waals surface area contributed by atoms with Gasteiger partial charge in [0.1, 0.15) is 11.8 Å². The third kappa shape index (κ3) is 3.52. The summed E-state index contributed by atoms with van der Waals surface area (Å²) in [5, 5.41) is 5.84. The highest BCUT2D eigenvalue weighted by Crippen LogP contribution is 2.31. The molecule has 28 heavy (non-hydrogen) atoms. The maximum Gasteiger partial charge on any atom is 0.256 e. The largest absolute Gasteiger partial charge is 0.464 e. The van der Waals surface area contributed by atoms with Crippen molar-refractivity contribution in [3.8, 4) is 11.3 Å². The molecule has 146 valence electrons. The van der Waals surface area contributed by atoms with E-state index in [1.807, 2.05) is 18.4 Å². The Morgan fingerprint density at radius 2 is 2.21 bits per heavy atom. The van der Waals surface area contributed by atoms with Crippen molar-refractivity contribution in [1.82, 2.24) is 10.2 Å². The predicted octanol–water partition coefficient (Wildman–Crippen LogP) is 2.35. The van der Waals surface area contributed by atoms with Crippen LogP contribution in [0.4, 0.5) is 5.69 Å². The molecule has 2 aromatic rings. The second-order valence-corrected chi connectivity index (χ2v) is 7.83. The highest BCUT2D eigenvalue weighted by atomic mass is 32.2. The summed E-state index contributed by atoms with van der Waals surface area (Å²) in [6, 6.07) is 8.22. The highest BCUT2D eigenvalue weighted by Gasteiger charge is 2.40. The van der Waals surface area contributed by atoms with E-state index in [1.165, 1.54) is 11.8 Å². The first-order valence-electron chi connectivity index (χ1n) is 9.15. The summed E-state index contributed by atoms with van der Waals surface area (Å²) in [4.78, 5) is 39.5. The van der Waals surface area contributed by atoms with Crippen molar-refractivity contribution in [2.75, 3.05) is 23.9 Å². The molecule has 1 saturated heterocycles. The third-order valence-electron chi connectivity index (χ3n) is 5.12. The van der Waals surface area contributed by atoms with E-state index in [-0.39, 0.29) is 23.8 Å². The maximum atomic E-state index is 13.2. The van der Waals surface area contributed by atoms with Gasteiger partial charge >= 0.3 is 0 Å². The molecule has 3 amide bonds. The molecular formula is C20H21N3O4S. The first-order chi connectivity index (χ1) is 13.6. The van der Waals surface area contributed by atoms with Crippen molar-refractivity contribution in [3.05, 3.63) is 42.2 Å². The van der Waals surface area contributed by atoms with E-state index in [9.17, 15) is 14.4 Å². The van der Waals surface area contributed by atoms with E-state index in [1.54, 1.807) is 29.4 Å². The van der Waals surface area contributed by atoms with Gasteiger partial charge in [-0.05, 0) is 49.4 Å². The summed E-state index contributed by atoms with van der Waals surface area (Å²) in [6.07, 6.45) is 4.49. The normalized spacial score (nSPS) is 21.4. The van der Waals surface area contributed by atoms with Crippen molar-refractivity contribution >= 4 is 35.2 Å². The number of nitrogens with zero attached hydrogens (tertiary/aromatic N) is 1. The number of nitrogens with one attached hydrogen (secondary N) is 2. The molecule has 4 rings (SSSR count). The molecule has 0 saturated carbocycles. The van der Waals surface area contributed by atoms with Crippen LogP contribution >= 0.6 is 11.8 Å². The second-order valence-electron chi connectivity index (χ2n) is 6.96. The molecule has 0 aliphatic carbocycles. The summed E-state index contributed by atoms with van der Waals surface area (Å²) in [5.41, 5.74) is 1.74. The molecule has 2 aliphatic rings. The molecular weight excluding hydrogens is 378 g/mol. The molecule has 3 heterocycles. The number of amides is 3. The lowest BCUT2D eigenvalue weighted by molar-refractivity contribution is -0.123. The Kier molecular flexibility index (Phi) is 5.13. The van der Waals surface area contributed by atoms with E-state index >= 15 is 0 Å². The van der Waals surface area contributed by atoms with Crippen molar-refractivity contribution in [2.24, 2.45) is 0 Å². The lowest BCUT2D eigenvalue weighted by Crippen LogP contribution is -2.55. The smallest absolute Gasteiger partial charge is 0.256 e. The van der Waals surface area contributed by atoms with E-state index in [0.717, 1.165) is 5.56 Å². The number of fused-ring (bicyclic) bond motifs is 2. The Morgan fingerprint density at radius 3 is 2.96 bits per heavy atom. The number of carbonyl (C=O) groups is 3. The third-order valence-corrected chi connectivity index (χ3v) is 5.67. The number of hydrogen-bond donors (Lipinski definition) is 2. The van der Waals surface area contributed by atoms with Crippen LogP contribution in [0.15, 0.2) is 41.0 Å².